The van der Waals surface area contributed by atoms with Crippen LogP contribution in [0.3, 0.4) is 0 Å². The molecule has 3 aromatic rings. The molecule has 0 spiro atoms. The van der Waals surface area contributed by atoms with Crippen LogP contribution in [0, 0.1) is 0 Å². The second kappa shape index (κ2) is 10.8. The number of esters is 2. The number of hydrogen-bond donors (Lipinski definition) is 2. The molecule has 0 radical (unpaired) electrons. The van der Waals surface area contributed by atoms with E-state index < -0.39 is 0 Å². The van der Waals surface area contributed by atoms with Crippen molar-refractivity contribution in [3.8, 4) is 11.1 Å². The van der Waals surface area contributed by atoms with Crippen LogP contribution in [-0.2, 0) is 9.47 Å². The summed E-state index contributed by atoms with van der Waals surface area (Å²) in [6.45, 7) is 17.2. The van der Waals surface area contributed by atoms with Crippen molar-refractivity contribution in [2.75, 3.05) is 0 Å². The van der Waals surface area contributed by atoms with Gasteiger partial charge in [0.05, 0.1) is 11.1 Å². The zero-order valence-electron chi connectivity index (χ0n) is 26.4. The van der Waals surface area contributed by atoms with Gasteiger partial charge < -0.3 is 20.1 Å². The Morgan fingerprint density at radius 2 is 0.952 bits per heavy atom. The van der Waals surface area contributed by atoms with Crippen LogP contribution in [0.1, 0.15) is 102 Å². The van der Waals surface area contributed by atoms with E-state index in [1.165, 1.54) is 0 Å². The Kier molecular flexibility index (Phi) is 7.78. The van der Waals surface area contributed by atoms with Crippen LogP contribution in [0.25, 0.3) is 21.9 Å². The quantitative estimate of drug-likeness (QED) is 0.311. The monoisotopic (exact) mass is 570 g/mol. The summed E-state index contributed by atoms with van der Waals surface area (Å²) in [7, 11) is 0. The van der Waals surface area contributed by atoms with Gasteiger partial charge in [0.15, 0.2) is 0 Å². The molecule has 224 valence electrons. The molecule has 0 aliphatic carbocycles. The van der Waals surface area contributed by atoms with Crippen LogP contribution in [0.15, 0.2) is 60.7 Å². The van der Waals surface area contributed by atoms with Gasteiger partial charge in [0, 0.05) is 47.8 Å². The number of ether oxygens (including phenoxy) is 2. The number of nitrogens with one attached hydrogen (secondary N) is 2. The minimum atomic E-state index is -0.290. The third-order valence-electron chi connectivity index (χ3n) is 8.38. The van der Waals surface area contributed by atoms with Crippen molar-refractivity contribution < 1.29 is 19.1 Å². The summed E-state index contributed by atoms with van der Waals surface area (Å²) in [5.41, 5.74) is 2.71. The maximum Gasteiger partial charge on any atom is 0.338 e. The maximum absolute atomic E-state index is 13.2. The highest BCUT2D eigenvalue weighted by atomic mass is 16.5. The van der Waals surface area contributed by atoms with E-state index in [1.807, 2.05) is 42.5 Å². The van der Waals surface area contributed by atoms with Crippen molar-refractivity contribution >= 4 is 22.7 Å². The lowest BCUT2D eigenvalue weighted by Gasteiger charge is -2.45. The van der Waals surface area contributed by atoms with Crippen LogP contribution < -0.4 is 10.6 Å². The largest absolute Gasteiger partial charge is 0.459 e. The molecule has 2 aliphatic rings. The number of rotatable bonds is 5. The first-order chi connectivity index (χ1) is 19.5. The molecule has 5 rings (SSSR count). The van der Waals surface area contributed by atoms with Gasteiger partial charge in [-0.2, -0.15) is 0 Å². The van der Waals surface area contributed by atoms with Crippen LogP contribution >= 0.6 is 0 Å². The molecule has 2 aliphatic heterocycles. The van der Waals surface area contributed by atoms with E-state index in [-0.39, 0.29) is 46.3 Å². The zero-order chi connectivity index (χ0) is 30.5. The summed E-state index contributed by atoms with van der Waals surface area (Å²) in [5, 5.41) is 9.28. The van der Waals surface area contributed by atoms with Gasteiger partial charge in [0.25, 0.3) is 0 Å². The Hall–Kier alpha value is -3.22. The average molecular weight is 571 g/mol. The van der Waals surface area contributed by atoms with Gasteiger partial charge in [0.1, 0.15) is 12.2 Å². The lowest BCUT2D eigenvalue weighted by atomic mass is 9.81. The summed E-state index contributed by atoms with van der Waals surface area (Å²) in [5.74, 6) is -0.577. The number of hydrogen-bond acceptors (Lipinski definition) is 6. The Labute approximate surface area is 250 Å². The Balaban J connectivity index is 1.28. The molecule has 0 aromatic heterocycles. The van der Waals surface area contributed by atoms with Gasteiger partial charge >= 0.3 is 11.9 Å². The van der Waals surface area contributed by atoms with E-state index in [0.29, 0.717) is 11.1 Å². The normalized spacial score (nSPS) is 21.5. The lowest BCUT2D eigenvalue weighted by molar-refractivity contribution is -0.00765. The van der Waals surface area contributed by atoms with E-state index in [0.717, 1.165) is 47.6 Å². The summed E-state index contributed by atoms with van der Waals surface area (Å²) in [6.07, 6.45) is 2.84. The third-order valence-corrected chi connectivity index (χ3v) is 8.38. The number of benzene rings is 3. The molecule has 0 amide bonds. The molecule has 2 heterocycles. The van der Waals surface area contributed by atoms with E-state index in [9.17, 15) is 9.59 Å². The predicted octanol–water partition coefficient (Wildman–Crippen LogP) is 7.44. The first kappa shape index (κ1) is 30.2. The highest BCUT2D eigenvalue weighted by Crippen LogP contribution is 2.33. The van der Waals surface area contributed by atoms with Crippen molar-refractivity contribution in [3.63, 3.8) is 0 Å². The zero-order valence-corrected chi connectivity index (χ0v) is 26.4. The number of piperidine rings is 2. The van der Waals surface area contributed by atoms with Gasteiger partial charge in [-0.05, 0) is 108 Å². The van der Waals surface area contributed by atoms with Gasteiger partial charge in [-0.15, -0.1) is 0 Å². The van der Waals surface area contributed by atoms with Crippen LogP contribution in [-0.4, -0.2) is 46.3 Å². The van der Waals surface area contributed by atoms with Crippen molar-refractivity contribution in [1.29, 1.82) is 0 Å². The molecule has 42 heavy (non-hydrogen) atoms. The smallest absolute Gasteiger partial charge is 0.338 e. The van der Waals surface area contributed by atoms with Crippen LogP contribution in [0.4, 0.5) is 0 Å². The van der Waals surface area contributed by atoms with E-state index in [2.05, 4.69) is 84.2 Å². The topological polar surface area (TPSA) is 76.7 Å². The average Bonchev–Trinajstić information content (AvgIpc) is 2.84. The highest BCUT2D eigenvalue weighted by molar-refractivity contribution is 5.97. The Bertz CT molecular complexity index is 1450. The van der Waals surface area contributed by atoms with Crippen molar-refractivity contribution in [3.05, 3.63) is 71.8 Å². The molecule has 6 nitrogen and oxygen atoms in total. The second-order valence-corrected chi connectivity index (χ2v) is 15.0. The highest BCUT2D eigenvalue weighted by Gasteiger charge is 2.40. The van der Waals surface area contributed by atoms with Gasteiger partial charge in [-0.3, -0.25) is 0 Å². The van der Waals surface area contributed by atoms with Crippen molar-refractivity contribution in [2.45, 2.75) is 115 Å². The molecule has 3 aromatic carbocycles. The summed E-state index contributed by atoms with van der Waals surface area (Å²) < 4.78 is 11.9. The summed E-state index contributed by atoms with van der Waals surface area (Å²) in [4.78, 5) is 26.1. The van der Waals surface area contributed by atoms with Gasteiger partial charge in [0.2, 0.25) is 0 Å². The predicted molar refractivity (Wildman–Crippen MR) is 169 cm³/mol. The first-order valence-corrected chi connectivity index (χ1v) is 15.1. The molecular weight excluding hydrogens is 524 g/mol. The lowest BCUT2D eigenvalue weighted by Crippen LogP contribution is -2.59. The maximum atomic E-state index is 13.2. The molecule has 6 heteroatoms. The molecule has 0 atom stereocenters. The minimum Gasteiger partial charge on any atom is -0.459 e. The Morgan fingerprint density at radius 1 is 0.548 bits per heavy atom. The Morgan fingerprint density at radius 3 is 1.45 bits per heavy atom. The fraction of sp³-hybridized carbons (Fsp3) is 0.500. The van der Waals surface area contributed by atoms with Crippen molar-refractivity contribution in [2.24, 2.45) is 0 Å². The molecule has 0 bridgehead atoms. The molecular formula is C36H46N2O4. The first-order valence-electron chi connectivity index (χ1n) is 15.1. The molecule has 0 unspecified atom stereocenters. The fourth-order valence-corrected chi connectivity index (χ4v) is 7.41. The van der Waals surface area contributed by atoms with Gasteiger partial charge in [-0.1, -0.05) is 30.3 Å². The van der Waals surface area contributed by atoms with Crippen LogP contribution in [0.2, 0.25) is 0 Å². The standard InChI is InChI=1S/C36H46N2O4/c1-33(2)19-29(20-34(3,4)37-33)41-31(39)25-13-9-23(10-14-25)26-15-11-24-12-16-27(18-28(24)17-26)32(40)42-30-21-35(5,6)38-36(7,8)22-30/h9-18,29-30,37-38H,19-22H2,1-8H3. The number of fused-ring (bicyclic) bond motifs is 1. The summed E-state index contributed by atoms with van der Waals surface area (Å²) >= 11 is 0. The summed E-state index contributed by atoms with van der Waals surface area (Å²) in [6, 6.07) is 19.5. The molecule has 0 saturated carbocycles. The van der Waals surface area contributed by atoms with Crippen LogP contribution in [0.5, 0.6) is 0 Å². The molecule has 2 fully saturated rings. The number of carbonyl (C=O) groups excluding carboxylic acids is 2. The van der Waals surface area contributed by atoms with E-state index in [1.54, 1.807) is 0 Å². The fourth-order valence-electron chi connectivity index (χ4n) is 7.41. The minimum absolute atomic E-state index is 0.0928. The molecule has 2 saturated heterocycles. The van der Waals surface area contributed by atoms with Crippen molar-refractivity contribution in [1.82, 2.24) is 10.6 Å². The van der Waals surface area contributed by atoms with E-state index >= 15 is 0 Å². The number of carbonyl (C=O) groups is 2. The molecule has 2 N–H and O–H groups in total. The second-order valence-electron chi connectivity index (χ2n) is 15.0. The van der Waals surface area contributed by atoms with E-state index in [4.69, 9.17) is 9.47 Å². The third kappa shape index (κ3) is 7.22. The SMILES string of the molecule is CC1(C)CC(OC(=O)c2ccc(-c3ccc4ccc(C(=O)OC5CC(C)(C)NC(C)(C)C5)cc4c3)cc2)CC(C)(C)N1. The van der Waals surface area contributed by atoms with Gasteiger partial charge in [-0.25, -0.2) is 9.59 Å².